The van der Waals surface area contributed by atoms with Crippen LogP contribution < -0.4 is 22.1 Å². The van der Waals surface area contributed by atoms with Gasteiger partial charge in [0.05, 0.1) is 0 Å². The van der Waals surface area contributed by atoms with Gasteiger partial charge in [0, 0.05) is 24.6 Å². The maximum atomic E-state index is 12.2. The number of nitrogens with one attached hydrogen (secondary N) is 2. The van der Waals surface area contributed by atoms with E-state index >= 15 is 0 Å². The first-order valence-corrected chi connectivity index (χ1v) is 6.34. The van der Waals surface area contributed by atoms with E-state index in [-0.39, 0.29) is 5.91 Å². The highest BCUT2D eigenvalue weighted by atomic mass is 16.5. The number of urea groups is 1. The fourth-order valence-corrected chi connectivity index (χ4v) is 2.00. The van der Waals surface area contributed by atoms with E-state index in [9.17, 15) is 9.59 Å². The molecular weight excluding hydrogens is 260 g/mol. The van der Waals surface area contributed by atoms with Gasteiger partial charge in [-0.3, -0.25) is 4.79 Å². The van der Waals surface area contributed by atoms with Crippen LogP contribution in [0.15, 0.2) is 24.3 Å². The summed E-state index contributed by atoms with van der Waals surface area (Å²) < 4.78 is 5.21. The molecule has 0 aliphatic carbocycles. The molecule has 0 atom stereocenters. The van der Waals surface area contributed by atoms with Crippen molar-refractivity contribution in [3.8, 4) is 0 Å². The van der Waals surface area contributed by atoms with E-state index in [1.165, 1.54) is 0 Å². The lowest BCUT2D eigenvalue weighted by molar-refractivity contribution is -0.124. The zero-order valence-electron chi connectivity index (χ0n) is 11.0. The first-order chi connectivity index (χ1) is 9.49. The molecule has 1 saturated heterocycles. The number of nitrogens with two attached hydrogens (primary N) is 2. The van der Waals surface area contributed by atoms with Gasteiger partial charge in [0.2, 0.25) is 5.91 Å². The van der Waals surface area contributed by atoms with Crippen molar-refractivity contribution in [2.24, 2.45) is 11.5 Å². The Labute approximate surface area is 116 Å². The van der Waals surface area contributed by atoms with Crippen molar-refractivity contribution in [1.29, 1.82) is 0 Å². The summed E-state index contributed by atoms with van der Waals surface area (Å²) in [5.74, 6) is -0.226. The molecule has 0 unspecified atom stereocenters. The van der Waals surface area contributed by atoms with Crippen molar-refractivity contribution in [2.45, 2.75) is 18.4 Å². The van der Waals surface area contributed by atoms with E-state index in [0.717, 1.165) is 0 Å². The van der Waals surface area contributed by atoms with Crippen molar-refractivity contribution >= 4 is 23.3 Å². The third kappa shape index (κ3) is 3.46. The highest BCUT2D eigenvalue weighted by Crippen LogP contribution is 2.21. The normalized spacial score (nSPS) is 17.2. The average molecular weight is 278 g/mol. The number of carbonyl (C=O) groups is 2. The van der Waals surface area contributed by atoms with E-state index in [2.05, 4.69) is 10.6 Å². The lowest BCUT2D eigenvalue weighted by Crippen LogP contribution is -2.54. The van der Waals surface area contributed by atoms with Crippen LogP contribution in [0.3, 0.4) is 0 Å². The van der Waals surface area contributed by atoms with Crippen molar-refractivity contribution in [1.82, 2.24) is 0 Å². The molecular formula is C13H18N4O3. The molecule has 6 N–H and O–H groups in total. The standard InChI is InChI=1S/C13H18N4O3/c14-12(19)17-10-3-1-9(2-4-10)16-11(18)13(15)5-7-20-8-6-13/h1-4H,5-8,15H2,(H,16,18)(H3,14,17,19). The molecule has 3 amide bonds. The van der Waals surface area contributed by atoms with Crippen LogP contribution in [0.2, 0.25) is 0 Å². The second kappa shape index (κ2) is 5.89. The number of rotatable bonds is 3. The Morgan fingerprint density at radius 3 is 2.05 bits per heavy atom. The molecule has 7 nitrogen and oxygen atoms in total. The molecule has 1 aliphatic heterocycles. The molecule has 1 aromatic rings. The molecule has 2 rings (SSSR count). The summed E-state index contributed by atoms with van der Waals surface area (Å²) in [5, 5.41) is 5.21. The van der Waals surface area contributed by atoms with Crippen LogP contribution in [0, 0.1) is 0 Å². The Morgan fingerprint density at radius 2 is 1.55 bits per heavy atom. The molecule has 0 spiro atoms. The van der Waals surface area contributed by atoms with Gasteiger partial charge in [0.15, 0.2) is 0 Å². The number of hydrogen-bond acceptors (Lipinski definition) is 4. The number of amides is 3. The molecule has 1 fully saturated rings. The lowest BCUT2D eigenvalue weighted by Gasteiger charge is -2.31. The summed E-state index contributed by atoms with van der Waals surface area (Å²) in [7, 11) is 0. The van der Waals surface area contributed by atoms with Crippen LogP contribution in [0.4, 0.5) is 16.2 Å². The summed E-state index contributed by atoms with van der Waals surface area (Å²) in [6, 6.07) is 6.00. The Bertz CT molecular complexity index is 495. The molecule has 1 heterocycles. The highest BCUT2D eigenvalue weighted by molar-refractivity contribution is 5.98. The van der Waals surface area contributed by atoms with Crippen LogP contribution in [-0.2, 0) is 9.53 Å². The highest BCUT2D eigenvalue weighted by Gasteiger charge is 2.35. The fraction of sp³-hybridized carbons (Fsp3) is 0.385. The Balaban J connectivity index is 1.98. The second-order valence-electron chi connectivity index (χ2n) is 4.79. The summed E-state index contributed by atoms with van der Waals surface area (Å²) in [6.45, 7) is 0.983. The molecule has 1 aromatic carbocycles. The molecule has 20 heavy (non-hydrogen) atoms. The lowest BCUT2D eigenvalue weighted by atomic mass is 9.90. The van der Waals surface area contributed by atoms with E-state index in [4.69, 9.17) is 16.2 Å². The zero-order chi connectivity index (χ0) is 14.6. The third-order valence-electron chi connectivity index (χ3n) is 3.25. The topological polar surface area (TPSA) is 119 Å². The van der Waals surface area contributed by atoms with Crippen molar-refractivity contribution in [3.63, 3.8) is 0 Å². The molecule has 0 bridgehead atoms. The number of benzene rings is 1. The minimum atomic E-state index is -0.887. The largest absolute Gasteiger partial charge is 0.381 e. The first-order valence-electron chi connectivity index (χ1n) is 6.34. The number of ether oxygens (including phenoxy) is 1. The number of anilines is 2. The zero-order valence-corrected chi connectivity index (χ0v) is 11.0. The van der Waals surface area contributed by atoms with Crippen LogP contribution in [0.1, 0.15) is 12.8 Å². The summed E-state index contributed by atoms with van der Waals surface area (Å²) in [6.07, 6.45) is 1.00. The second-order valence-corrected chi connectivity index (χ2v) is 4.79. The Morgan fingerprint density at radius 1 is 1.05 bits per heavy atom. The van der Waals surface area contributed by atoms with Gasteiger partial charge >= 0.3 is 6.03 Å². The maximum Gasteiger partial charge on any atom is 0.316 e. The average Bonchev–Trinajstić information content (AvgIpc) is 2.41. The maximum absolute atomic E-state index is 12.2. The van der Waals surface area contributed by atoms with Crippen LogP contribution >= 0.6 is 0 Å². The molecule has 0 radical (unpaired) electrons. The molecule has 0 aromatic heterocycles. The van der Waals surface area contributed by atoms with Gasteiger partial charge in [-0.25, -0.2) is 4.79 Å². The van der Waals surface area contributed by atoms with Gasteiger partial charge in [-0.2, -0.15) is 0 Å². The third-order valence-corrected chi connectivity index (χ3v) is 3.25. The van der Waals surface area contributed by atoms with Gasteiger partial charge in [-0.15, -0.1) is 0 Å². The molecule has 0 saturated carbocycles. The van der Waals surface area contributed by atoms with Gasteiger partial charge in [0.25, 0.3) is 0 Å². The Kier molecular flexibility index (Phi) is 4.21. The van der Waals surface area contributed by atoms with Crippen molar-refractivity contribution in [2.75, 3.05) is 23.8 Å². The monoisotopic (exact) mass is 278 g/mol. The van der Waals surface area contributed by atoms with Crippen LogP contribution in [-0.4, -0.2) is 30.7 Å². The summed E-state index contributed by atoms with van der Waals surface area (Å²) >= 11 is 0. The van der Waals surface area contributed by atoms with Crippen molar-refractivity contribution in [3.05, 3.63) is 24.3 Å². The molecule has 7 heteroatoms. The quantitative estimate of drug-likeness (QED) is 0.648. The van der Waals surface area contributed by atoms with Gasteiger partial charge in [-0.05, 0) is 37.1 Å². The van der Waals surface area contributed by atoms with E-state index in [0.29, 0.717) is 37.4 Å². The predicted molar refractivity (Wildman–Crippen MR) is 75.2 cm³/mol. The fourth-order valence-electron chi connectivity index (χ4n) is 2.00. The van der Waals surface area contributed by atoms with Gasteiger partial charge in [-0.1, -0.05) is 0 Å². The SMILES string of the molecule is NC(=O)Nc1ccc(NC(=O)C2(N)CCOCC2)cc1. The Hall–Kier alpha value is -2.12. The number of carbonyl (C=O) groups excluding carboxylic acids is 2. The van der Waals surface area contributed by atoms with Crippen molar-refractivity contribution < 1.29 is 14.3 Å². The number of primary amides is 1. The van der Waals surface area contributed by atoms with Crippen LogP contribution in [0.5, 0.6) is 0 Å². The molecule has 1 aliphatic rings. The molecule has 108 valence electrons. The smallest absolute Gasteiger partial charge is 0.316 e. The summed E-state index contributed by atoms with van der Waals surface area (Å²) in [4.78, 5) is 22.9. The minimum absolute atomic E-state index is 0.226. The number of hydrogen-bond donors (Lipinski definition) is 4. The van der Waals surface area contributed by atoms with Gasteiger partial charge in [0.1, 0.15) is 5.54 Å². The van der Waals surface area contributed by atoms with Gasteiger partial charge < -0.3 is 26.8 Å². The van der Waals surface area contributed by atoms with E-state index in [1.54, 1.807) is 24.3 Å². The summed E-state index contributed by atoms with van der Waals surface area (Å²) in [5.41, 5.74) is 11.4. The van der Waals surface area contributed by atoms with E-state index < -0.39 is 11.6 Å². The first kappa shape index (κ1) is 14.3. The van der Waals surface area contributed by atoms with Crippen LogP contribution in [0.25, 0.3) is 0 Å². The predicted octanol–water partition coefficient (Wildman–Crippen LogP) is 0.624. The van der Waals surface area contributed by atoms with E-state index in [1.807, 2.05) is 0 Å². The minimum Gasteiger partial charge on any atom is -0.381 e.